The Morgan fingerprint density at radius 3 is 2.67 bits per heavy atom. The summed E-state index contributed by atoms with van der Waals surface area (Å²) in [6, 6.07) is 2.10. The lowest BCUT2D eigenvalue weighted by atomic mass is 10.1. The molecule has 0 aromatic heterocycles. The quantitative estimate of drug-likeness (QED) is 0.624. The zero-order valence-electron chi connectivity index (χ0n) is 10.1. The molecule has 18 heavy (non-hydrogen) atoms. The normalized spacial score (nSPS) is 12.5. The third-order valence-corrected chi connectivity index (χ3v) is 2.48. The number of rotatable bonds is 7. The first-order chi connectivity index (χ1) is 8.58. The van der Waals surface area contributed by atoms with Crippen LogP contribution in [0.15, 0.2) is 12.1 Å². The van der Waals surface area contributed by atoms with Gasteiger partial charge in [-0.15, -0.1) is 0 Å². The largest absolute Gasteiger partial charge is 0.494 e. The lowest BCUT2D eigenvalue weighted by Gasteiger charge is -2.10. The maximum Gasteiger partial charge on any atom is 0.165 e. The molecular formula is C12H17F2NO3. The van der Waals surface area contributed by atoms with Gasteiger partial charge in [0, 0.05) is 12.6 Å². The van der Waals surface area contributed by atoms with Crippen LogP contribution in [0, 0.1) is 11.6 Å². The van der Waals surface area contributed by atoms with Crippen molar-refractivity contribution in [2.24, 2.45) is 0 Å². The van der Waals surface area contributed by atoms with Crippen LogP contribution in [0.1, 0.15) is 5.56 Å². The summed E-state index contributed by atoms with van der Waals surface area (Å²) in [5, 5.41) is 20.5. The summed E-state index contributed by atoms with van der Waals surface area (Å²) in [5.41, 5.74) is 0.235. The molecule has 0 aliphatic carbocycles. The standard InChI is InChI=1S/C12H17F2NO3/c1-18-12-5-10(13)8(4-11(12)14)2-3-15-6-9(17)7-16/h4-5,9,15-17H,2-3,6-7H2,1H3. The van der Waals surface area contributed by atoms with Crippen LogP contribution in [-0.2, 0) is 6.42 Å². The Labute approximate surface area is 104 Å². The number of aliphatic hydroxyl groups excluding tert-OH is 2. The summed E-state index contributed by atoms with van der Waals surface area (Å²) < 4.78 is 31.5. The second-order valence-electron chi connectivity index (χ2n) is 3.87. The smallest absolute Gasteiger partial charge is 0.165 e. The maximum atomic E-state index is 13.5. The number of nitrogens with one attached hydrogen (secondary N) is 1. The molecule has 0 radical (unpaired) electrons. The van der Waals surface area contributed by atoms with Crippen molar-refractivity contribution < 1.29 is 23.7 Å². The van der Waals surface area contributed by atoms with Crippen LogP contribution in [0.4, 0.5) is 8.78 Å². The Bertz CT molecular complexity index is 388. The van der Waals surface area contributed by atoms with Crippen molar-refractivity contribution in [1.29, 1.82) is 0 Å². The van der Waals surface area contributed by atoms with Crippen molar-refractivity contribution in [2.45, 2.75) is 12.5 Å². The predicted octanol–water partition coefficient (Wildman–Crippen LogP) is 0.459. The highest BCUT2D eigenvalue weighted by Gasteiger charge is 2.10. The molecule has 4 nitrogen and oxygen atoms in total. The van der Waals surface area contributed by atoms with E-state index in [-0.39, 0.29) is 30.9 Å². The van der Waals surface area contributed by atoms with Gasteiger partial charge in [0.25, 0.3) is 0 Å². The molecule has 0 bridgehead atoms. The van der Waals surface area contributed by atoms with E-state index >= 15 is 0 Å². The van der Waals surface area contributed by atoms with E-state index in [2.05, 4.69) is 10.1 Å². The van der Waals surface area contributed by atoms with E-state index in [4.69, 9.17) is 10.2 Å². The minimum absolute atomic E-state index is 0.125. The first-order valence-corrected chi connectivity index (χ1v) is 5.60. The van der Waals surface area contributed by atoms with Crippen LogP contribution in [0.2, 0.25) is 0 Å². The van der Waals surface area contributed by atoms with Crippen LogP contribution in [0.3, 0.4) is 0 Å². The molecule has 6 heteroatoms. The van der Waals surface area contributed by atoms with Crippen molar-refractivity contribution in [3.05, 3.63) is 29.3 Å². The molecule has 0 saturated heterocycles. The van der Waals surface area contributed by atoms with Gasteiger partial charge in [-0.25, -0.2) is 8.78 Å². The molecular weight excluding hydrogens is 244 g/mol. The van der Waals surface area contributed by atoms with Crippen LogP contribution >= 0.6 is 0 Å². The van der Waals surface area contributed by atoms with Crippen molar-refractivity contribution in [3.63, 3.8) is 0 Å². The van der Waals surface area contributed by atoms with E-state index < -0.39 is 17.7 Å². The fraction of sp³-hybridized carbons (Fsp3) is 0.500. The Morgan fingerprint density at radius 1 is 1.33 bits per heavy atom. The van der Waals surface area contributed by atoms with E-state index in [0.717, 1.165) is 12.1 Å². The average Bonchev–Trinajstić information content (AvgIpc) is 2.37. The number of hydrogen-bond acceptors (Lipinski definition) is 4. The fourth-order valence-electron chi connectivity index (χ4n) is 1.47. The van der Waals surface area contributed by atoms with E-state index in [0.29, 0.717) is 6.54 Å². The zero-order valence-corrected chi connectivity index (χ0v) is 10.1. The minimum atomic E-state index is -0.845. The van der Waals surface area contributed by atoms with E-state index in [9.17, 15) is 8.78 Å². The van der Waals surface area contributed by atoms with Gasteiger partial charge in [0.15, 0.2) is 11.6 Å². The SMILES string of the molecule is COc1cc(F)c(CCNCC(O)CO)cc1F. The van der Waals surface area contributed by atoms with Gasteiger partial charge >= 0.3 is 0 Å². The number of benzene rings is 1. The Hall–Kier alpha value is -1.24. The average molecular weight is 261 g/mol. The van der Waals surface area contributed by atoms with Crippen molar-refractivity contribution in [1.82, 2.24) is 5.32 Å². The van der Waals surface area contributed by atoms with Crippen LogP contribution in [-0.4, -0.2) is 43.1 Å². The monoisotopic (exact) mass is 261 g/mol. The number of methoxy groups -OCH3 is 1. The molecule has 0 spiro atoms. The molecule has 1 aromatic rings. The summed E-state index contributed by atoms with van der Waals surface area (Å²) in [7, 11) is 1.27. The van der Waals surface area contributed by atoms with Gasteiger partial charge in [-0.05, 0) is 24.6 Å². The molecule has 0 heterocycles. The van der Waals surface area contributed by atoms with Crippen LogP contribution in [0.25, 0.3) is 0 Å². The molecule has 0 aliphatic rings. The van der Waals surface area contributed by atoms with Gasteiger partial charge in [-0.2, -0.15) is 0 Å². The number of hydrogen-bond donors (Lipinski definition) is 3. The molecule has 1 unspecified atom stereocenters. The fourth-order valence-corrected chi connectivity index (χ4v) is 1.47. The van der Waals surface area contributed by atoms with Gasteiger partial charge in [0.05, 0.1) is 19.8 Å². The minimum Gasteiger partial charge on any atom is -0.494 e. The molecule has 0 fully saturated rings. The first-order valence-electron chi connectivity index (χ1n) is 5.60. The van der Waals surface area contributed by atoms with E-state index in [1.54, 1.807) is 0 Å². The van der Waals surface area contributed by atoms with Crippen molar-refractivity contribution in [2.75, 3.05) is 26.8 Å². The lowest BCUT2D eigenvalue weighted by Crippen LogP contribution is -2.30. The lowest BCUT2D eigenvalue weighted by molar-refractivity contribution is 0.0947. The highest BCUT2D eigenvalue weighted by atomic mass is 19.1. The van der Waals surface area contributed by atoms with E-state index in [1.165, 1.54) is 7.11 Å². The highest BCUT2D eigenvalue weighted by molar-refractivity contribution is 5.31. The molecule has 102 valence electrons. The van der Waals surface area contributed by atoms with Gasteiger partial charge in [-0.3, -0.25) is 0 Å². The maximum absolute atomic E-state index is 13.5. The summed E-state index contributed by atoms with van der Waals surface area (Å²) in [6.07, 6.45) is -0.562. The summed E-state index contributed by atoms with van der Waals surface area (Å²) in [4.78, 5) is 0. The zero-order chi connectivity index (χ0) is 13.5. The number of ether oxygens (including phenoxy) is 1. The summed E-state index contributed by atoms with van der Waals surface area (Å²) in [5.74, 6) is -1.26. The molecule has 0 saturated carbocycles. The third-order valence-electron chi connectivity index (χ3n) is 2.48. The topological polar surface area (TPSA) is 61.7 Å². The van der Waals surface area contributed by atoms with Gasteiger partial charge in [0.1, 0.15) is 5.82 Å². The summed E-state index contributed by atoms with van der Waals surface area (Å²) in [6.45, 7) is 0.245. The Morgan fingerprint density at radius 2 is 2.06 bits per heavy atom. The second kappa shape index (κ2) is 7.25. The Balaban J connectivity index is 2.50. The molecule has 1 atom stereocenters. The number of halogens is 2. The molecule has 3 N–H and O–H groups in total. The summed E-state index contributed by atoms with van der Waals surface area (Å²) >= 11 is 0. The van der Waals surface area contributed by atoms with Crippen LogP contribution < -0.4 is 10.1 Å². The predicted molar refractivity (Wildman–Crippen MR) is 62.6 cm³/mol. The molecule has 1 aromatic carbocycles. The molecule has 0 amide bonds. The Kier molecular flexibility index (Phi) is 5.97. The van der Waals surface area contributed by atoms with Crippen molar-refractivity contribution in [3.8, 4) is 5.75 Å². The van der Waals surface area contributed by atoms with Crippen molar-refractivity contribution >= 4 is 0 Å². The van der Waals surface area contributed by atoms with Gasteiger partial charge < -0.3 is 20.3 Å². The van der Waals surface area contributed by atoms with Gasteiger partial charge in [-0.1, -0.05) is 0 Å². The van der Waals surface area contributed by atoms with Gasteiger partial charge in [0.2, 0.25) is 0 Å². The first kappa shape index (κ1) is 14.8. The van der Waals surface area contributed by atoms with Crippen LogP contribution in [0.5, 0.6) is 5.75 Å². The number of aliphatic hydroxyl groups is 2. The molecule has 1 rings (SSSR count). The van der Waals surface area contributed by atoms with E-state index in [1.807, 2.05) is 0 Å². The second-order valence-corrected chi connectivity index (χ2v) is 3.87. The highest BCUT2D eigenvalue weighted by Crippen LogP contribution is 2.21. The third kappa shape index (κ3) is 4.21. The molecule has 0 aliphatic heterocycles.